The molecule has 0 saturated carbocycles. The quantitative estimate of drug-likeness (QED) is 0.0902. The summed E-state index contributed by atoms with van der Waals surface area (Å²) >= 11 is 0. The number of carboxylic acid groups (broad SMARTS) is 2. The molecule has 2 amide bonds. The highest BCUT2D eigenvalue weighted by Crippen LogP contribution is 2.22. The minimum atomic E-state index is -1.42. The fourth-order valence-electron chi connectivity index (χ4n) is 4.76. The molecule has 2 unspecified atom stereocenters. The lowest BCUT2D eigenvalue weighted by Gasteiger charge is -2.31. The lowest BCUT2D eigenvalue weighted by atomic mass is 9.95. The molecular formula is C32H46N4O8. The van der Waals surface area contributed by atoms with Crippen LogP contribution in [0.1, 0.15) is 120 Å². The normalized spacial score (nSPS) is 11.9. The van der Waals surface area contributed by atoms with Crippen LogP contribution in [0.25, 0.3) is 0 Å². The first-order chi connectivity index (χ1) is 20.8. The van der Waals surface area contributed by atoms with E-state index in [1.165, 1.54) is 18.9 Å². The van der Waals surface area contributed by atoms with Gasteiger partial charge in [0, 0.05) is 42.0 Å². The highest BCUT2D eigenvalue weighted by molar-refractivity contribution is 6.00. The van der Waals surface area contributed by atoms with Crippen molar-refractivity contribution in [3.63, 3.8) is 0 Å². The number of primary amides is 1. The average Bonchev–Trinajstić information content (AvgIpc) is 2.99. The van der Waals surface area contributed by atoms with Gasteiger partial charge in [0.2, 0.25) is 5.91 Å². The van der Waals surface area contributed by atoms with E-state index < -0.39 is 39.6 Å². The van der Waals surface area contributed by atoms with Gasteiger partial charge in [-0.15, -0.1) is 0 Å². The Kier molecular flexibility index (Phi) is 16.2. The number of unbranched alkanes of at least 4 members (excludes halogenated alkanes) is 2. The number of nitro benzene ring substituents is 1. The second-order valence-corrected chi connectivity index (χ2v) is 10.9. The summed E-state index contributed by atoms with van der Waals surface area (Å²) in [5.74, 6) is -2.48. The number of nitrogens with two attached hydrogens (primary N) is 2. The van der Waals surface area contributed by atoms with Crippen LogP contribution in [0.4, 0.5) is 11.4 Å². The van der Waals surface area contributed by atoms with Crippen LogP contribution in [0.2, 0.25) is 0 Å². The second-order valence-electron chi connectivity index (χ2n) is 10.9. The minimum Gasteiger partial charge on any atom is -0.478 e. The van der Waals surface area contributed by atoms with Gasteiger partial charge < -0.3 is 26.6 Å². The standard InChI is InChI=1S/C24H41N3O2.C8H5NO6/c1-5-9-11-18(7-3)16-27(17-19(8-4)12-10-6-2)24(29)21-13-20(23(26)28)14-22(25)15-21;10-7(11)4-1-5(8(12)13)3-6(2-4)9(14)15/h13-15,18-19H,5-12,16-17,25H2,1-4H3,(H2,26,28);1-3H,(H,10,11)(H,12,13). The van der Waals surface area contributed by atoms with Gasteiger partial charge in [0.15, 0.2) is 0 Å². The van der Waals surface area contributed by atoms with E-state index in [1.54, 1.807) is 12.1 Å². The first-order valence-electron chi connectivity index (χ1n) is 15.0. The topological polar surface area (TPSA) is 207 Å². The molecule has 0 aliphatic carbocycles. The summed E-state index contributed by atoms with van der Waals surface area (Å²) in [6.07, 6.45) is 9.05. The predicted molar refractivity (Wildman–Crippen MR) is 169 cm³/mol. The number of anilines is 1. The van der Waals surface area contributed by atoms with Crippen LogP contribution in [0.5, 0.6) is 0 Å². The third-order valence-corrected chi connectivity index (χ3v) is 7.44. The van der Waals surface area contributed by atoms with Gasteiger partial charge in [0.05, 0.1) is 16.1 Å². The Labute approximate surface area is 258 Å². The summed E-state index contributed by atoms with van der Waals surface area (Å²) in [7, 11) is 0. The van der Waals surface area contributed by atoms with Crippen molar-refractivity contribution in [2.24, 2.45) is 17.6 Å². The molecule has 0 heterocycles. The molecule has 0 aromatic heterocycles. The third kappa shape index (κ3) is 12.4. The van der Waals surface area contributed by atoms with E-state index in [1.807, 2.05) is 4.90 Å². The molecule has 242 valence electrons. The maximum atomic E-state index is 13.4. The fourth-order valence-corrected chi connectivity index (χ4v) is 4.76. The van der Waals surface area contributed by atoms with Crippen LogP contribution >= 0.6 is 0 Å². The van der Waals surface area contributed by atoms with Crippen molar-refractivity contribution in [1.82, 2.24) is 4.90 Å². The molecule has 44 heavy (non-hydrogen) atoms. The van der Waals surface area contributed by atoms with E-state index in [-0.39, 0.29) is 11.5 Å². The Morgan fingerprint density at radius 3 is 1.57 bits per heavy atom. The smallest absolute Gasteiger partial charge is 0.335 e. The number of hydrogen-bond donors (Lipinski definition) is 4. The molecular weight excluding hydrogens is 568 g/mol. The zero-order valence-corrected chi connectivity index (χ0v) is 26.1. The molecule has 2 atom stereocenters. The van der Waals surface area contributed by atoms with Crippen LogP contribution in [-0.4, -0.2) is 56.9 Å². The molecule has 0 saturated heterocycles. The average molecular weight is 615 g/mol. The van der Waals surface area contributed by atoms with Gasteiger partial charge >= 0.3 is 11.9 Å². The number of benzene rings is 2. The van der Waals surface area contributed by atoms with Crippen molar-refractivity contribution >= 4 is 35.1 Å². The number of nitro groups is 1. The van der Waals surface area contributed by atoms with Crippen molar-refractivity contribution in [1.29, 1.82) is 0 Å². The molecule has 0 spiro atoms. The largest absolute Gasteiger partial charge is 0.478 e. The lowest BCUT2D eigenvalue weighted by Crippen LogP contribution is -2.39. The number of aromatic carboxylic acids is 2. The molecule has 0 aliphatic heterocycles. The second kappa shape index (κ2) is 18.9. The first-order valence-corrected chi connectivity index (χ1v) is 15.0. The highest BCUT2D eigenvalue weighted by atomic mass is 16.6. The highest BCUT2D eigenvalue weighted by Gasteiger charge is 2.23. The number of carbonyl (C=O) groups is 4. The van der Waals surface area contributed by atoms with Gasteiger partial charge in [-0.05, 0) is 48.9 Å². The number of nitrogens with zero attached hydrogens (tertiary/aromatic N) is 2. The Morgan fingerprint density at radius 2 is 1.20 bits per heavy atom. The van der Waals surface area contributed by atoms with Gasteiger partial charge in [-0.3, -0.25) is 19.7 Å². The van der Waals surface area contributed by atoms with E-state index in [2.05, 4.69) is 27.7 Å². The summed E-state index contributed by atoms with van der Waals surface area (Å²) < 4.78 is 0. The van der Waals surface area contributed by atoms with Crippen LogP contribution in [-0.2, 0) is 0 Å². The maximum absolute atomic E-state index is 13.4. The summed E-state index contributed by atoms with van der Waals surface area (Å²) in [6, 6.07) is 7.21. The van der Waals surface area contributed by atoms with Crippen molar-refractivity contribution in [3.8, 4) is 0 Å². The van der Waals surface area contributed by atoms with E-state index in [9.17, 15) is 29.3 Å². The molecule has 6 N–H and O–H groups in total. The van der Waals surface area contributed by atoms with Gasteiger partial charge in [0.25, 0.3) is 11.6 Å². The van der Waals surface area contributed by atoms with Crippen molar-refractivity contribution < 1.29 is 34.3 Å². The number of amides is 2. The molecule has 2 aromatic carbocycles. The number of non-ortho nitro benzene ring substituents is 1. The molecule has 0 radical (unpaired) electrons. The lowest BCUT2D eigenvalue weighted by molar-refractivity contribution is -0.384. The van der Waals surface area contributed by atoms with Crippen molar-refractivity contribution in [3.05, 3.63) is 68.8 Å². The number of carboxylic acids is 2. The summed E-state index contributed by atoms with van der Waals surface area (Å²) in [6.45, 7) is 10.3. The van der Waals surface area contributed by atoms with Crippen molar-refractivity contribution in [2.75, 3.05) is 18.8 Å². The maximum Gasteiger partial charge on any atom is 0.335 e. The van der Waals surface area contributed by atoms with Crippen LogP contribution in [0, 0.1) is 22.0 Å². The Balaban J connectivity index is 0.000000539. The molecule has 0 fully saturated rings. The van der Waals surface area contributed by atoms with Crippen LogP contribution < -0.4 is 11.5 Å². The molecule has 0 aliphatic rings. The van der Waals surface area contributed by atoms with E-state index >= 15 is 0 Å². The minimum absolute atomic E-state index is 0.0512. The zero-order chi connectivity index (χ0) is 33.4. The van der Waals surface area contributed by atoms with Crippen molar-refractivity contribution in [2.45, 2.75) is 79.1 Å². The third-order valence-electron chi connectivity index (χ3n) is 7.44. The molecule has 0 bridgehead atoms. The van der Waals surface area contributed by atoms with Gasteiger partial charge in [-0.1, -0.05) is 66.2 Å². The number of carbonyl (C=O) groups excluding carboxylic acids is 2. The zero-order valence-electron chi connectivity index (χ0n) is 26.1. The first kappa shape index (κ1) is 37.5. The van der Waals surface area contributed by atoms with E-state index in [4.69, 9.17) is 21.7 Å². The van der Waals surface area contributed by atoms with Crippen LogP contribution in [0.3, 0.4) is 0 Å². The monoisotopic (exact) mass is 614 g/mol. The fraction of sp³-hybridized carbons (Fsp3) is 0.500. The van der Waals surface area contributed by atoms with Gasteiger partial charge in [-0.25, -0.2) is 9.59 Å². The Hall–Kier alpha value is -4.48. The summed E-state index contributed by atoms with van der Waals surface area (Å²) in [4.78, 5) is 57.7. The molecule has 12 heteroatoms. The van der Waals surface area contributed by atoms with E-state index in [0.29, 0.717) is 23.1 Å². The number of nitrogen functional groups attached to an aromatic ring is 1. The molecule has 2 aromatic rings. The van der Waals surface area contributed by atoms with Gasteiger partial charge in [-0.2, -0.15) is 0 Å². The molecule has 2 rings (SSSR count). The summed E-state index contributed by atoms with van der Waals surface area (Å²) in [5, 5.41) is 27.5. The predicted octanol–water partition coefficient (Wildman–Crippen LogP) is 6.23. The van der Waals surface area contributed by atoms with E-state index in [0.717, 1.165) is 69.8 Å². The SMILES string of the molecule is CCCCC(CC)CN(CC(CC)CCCC)C(=O)c1cc(N)cc(C(N)=O)c1.O=C(O)c1cc(C(=O)O)cc([N+](=O)[O-])c1. The van der Waals surface area contributed by atoms with Crippen LogP contribution in [0.15, 0.2) is 36.4 Å². The molecule has 12 nitrogen and oxygen atoms in total. The van der Waals surface area contributed by atoms with Gasteiger partial charge in [0.1, 0.15) is 0 Å². The Bertz CT molecular complexity index is 1200. The summed E-state index contributed by atoms with van der Waals surface area (Å²) in [5.41, 5.74) is 11.1. The Morgan fingerprint density at radius 1 is 0.773 bits per heavy atom. The number of rotatable bonds is 17. The number of hydrogen-bond acceptors (Lipinski definition) is 7.